The quantitative estimate of drug-likeness (QED) is 0.490. The van der Waals surface area contributed by atoms with E-state index in [1.807, 2.05) is 21.1 Å². The SMILES string of the molecule is C[N+](C)(C)CC(O)C(N)=O.[OH-]. The highest BCUT2D eigenvalue weighted by molar-refractivity contribution is 5.78. The fourth-order valence-electron chi connectivity index (χ4n) is 0.609. The van der Waals surface area contributed by atoms with Crippen LogP contribution < -0.4 is 5.73 Å². The maximum Gasteiger partial charge on any atom is 0.252 e. The Morgan fingerprint density at radius 1 is 1.55 bits per heavy atom. The number of quaternary nitrogens is 1. The molecule has 1 atom stereocenters. The van der Waals surface area contributed by atoms with Crippen LogP contribution >= 0.6 is 0 Å². The van der Waals surface area contributed by atoms with Crippen LogP contribution in [0.5, 0.6) is 0 Å². The van der Waals surface area contributed by atoms with Gasteiger partial charge in [0.2, 0.25) is 0 Å². The molecule has 0 spiro atoms. The predicted molar refractivity (Wildman–Crippen MR) is 40.0 cm³/mol. The lowest BCUT2D eigenvalue weighted by molar-refractivity contribution is -0.872. The number of carbonyl (C=O) groups excluding carboxylic acids is 1. The van der Waals surface area contributed by atoms with Crippen LogP contribution in [0.2, 0.25) is 0 Å². The van der Waals surface area contributed by atoms with Gasteiger partial charge in [-0.1, -0.05) is 0 Å². The Morgan fingerprint density at radius 3 is 2.00 bits per heavy atom. The average Bonchev–Trinajstić information content (AvgIpc) is 1.60. The van der Waals surface area contributed by atoms with Crippen LogP contribution in [0.3, 0.4) is 0 Å². The molecule has 0 rings (SSSR count). The number of hydrogen-bond acceptors (Lipinski definition) is 3. The van der Waals surface area contributed by atoms with E-state index in [2.05, 4.69) is 0 Å². The largest absolute Gasteiger partial charge is 0.870 e. The lowest BCUT2D eigenvalue weighted by Gasteiger charge is -2.25. The number of nitrogens with zero attached hydrogens (tertiary/aromatic N) is 1. The summed E-state index contributed by atoms with van der Waals surface area (Å²) in [7, 11) is 5.64. The molecule has 5 nitrogen and oxygen atoms in total. The van der Waals surface area contributed by atoms with Crippen molar-refractivity contribution >= 4 is 5.91 Å². The molecule has 0 bridgehead atoms. The Morgan fingerprint density at radius 2 is 1.91 bits per heavy atom. The molecule has 5 heteroatoms. The van der Waals surface area contributed by atoms with Crippen LogP contribution in [0.15, 0.2) is 0 Å². The molecule has 0 aromatic carbocycles. The molecule has 0 aliphatic rings. The number of amides is 1. The third-order valence-corrected chi connectivity index (χ3v) is 1.05. The summed E-state index contributed by atoms with van der Waals surface area (Å²) < 4.78 is 0.532. The van der Waals surface area contributed by atoms with E-state index in [1.54, 1.807) is 0 Å². The molecule has 0 fully saturated rings. The van der Waals surface area contributed by atoms with Gasteiger partial charge in [0, 0.05) is 0 Å². The van der Waals surface area contributed by atoms with E-state index >= 15 is 0 Å². The van der Waals surface area contributed by atoms with Gasteiger partial charge < -0.3 is 20.8 Å². The summed E-state index contributed by atoms with van der Waals surface area (Å²) >= 11 is 0. The van der Waals surface area contributed by atoms with Gasteiger partial charge in [0.15, 0.2) is 6.10 Å². The predicted octanol–water partition coefficient (Wildman–Crippen LogP) is -1.64. The second-order valence-corrected chi connectivity index (χ2v) is 3.39. The number of aliphatic hydroxyl groups excluding tert-OH is 1. The lowest BCUT2D eigenvalue weighted by atomic mass is 10.3. The van der Waals surface area contributed by atoms with Gasteiger partial charge in [-0.2, -0.15) is 0 Å². The number of primary amides is 1. The van der Waals surface area contributed by atoms with Gasteiger partial charge in [0.1, 0.15) is 6.54 Å². The van der Waals surface area contributed by atoms with Gasteiger partial charge in [-0.15, -0.1) is 0 Å². The fourth-order valence-corrected chi connectivity index (χ4v) is 0.609. The van der Waals surface area contributed by atoms with Crippen LogP contribution in [0.4, 0.5) is 0 Å². The molecule has 0 aliphatic carbocycles. The molecule has 0 radical (unpaired) electrons. The van der Waals surface area contributed by atoms with Gasteiger partial charge >= 0.3 is 0 Å². The second-order valence-electron chi connectivity index (χ2n) is 3.39. The molecule has 4 N–H and O–H groups in total. The minimum absolute atomic E-state index is 0. The van der Waals surface area contributed by atoms with Crippen molar-refractivity contribution in [2.45, 2.75) is 6.10 Å². The fraction of sp³-hybridized carbons (Fsp3) is 0.833. The Bertz CT molecular complexity index is 130. The van der Waals surface area contributed by atoms with Gasteiger partial charge in [-0.25, -0.2) is 0 Å². The summed E-state index contributed by atoms with van der Waals surface area (Å²) in [5.41, 5.74) is 4.84. The van der Waals surface area contributed by atoms with Gasteiger partial charge in [0.25, 0.3) is 5.91 Å². The Balaban J connectivity index is 0. The molecule has 0 saturated heterocycles. The Hall–Kier alpha value is -0.650. The van der Waals surface area contributed by atoms with Crippen molar-refractivity contribution in [2.75, 3.05) is 27.7 Å². The van der Waals surface area contributed by atoms with Gasteiger partial charge in [-0.05, 0) is 0 Å². The molecule has 0 aromatic rings. The molecule has 11 heavy (non-hydrogen) atoms. The number of nitrogens with two attached hydrogens (primary N) is 1. The van der Waals surface area contributed by atoms with Gasteiger partial charge in [0.05, 0.1) is 21.1 Å². The molecule has 0 saturated carbocycles. The molecular formula is C6H16N2O3. The van der Waals surface area contributed by atoms with Crippen molar-refractivity contribution in [3.63, 3.8) is 0 Å². The smallest absolute Gasteiger partial charge is 0.252 e. The molecule has 0 heterocycles. The Labute approximate surface area is 66.3 Å². The minimum atomic E-state index is -1.03. The number of hydrogen-bond donors (Lipinski definition) is 2. The van der Waals surface area contributed by atoms with Crippen LogP contribution in [0, 0.1) is 0 Å². The van der Waals surface area contributed by atoms with E-state index in [1.165, 1.54) is 0 Å². The summed E-state index contributed by atoms with van der Waals surface area (Å²) in [5, 5.41) is 8.97. The molecule has 0 aromatic heterocycles. The third kappa shape index (κ3) is 7.24. The van der Waals surface area contributed by atoms with Crippen LogP contribution in [0.1, 0.15) is 0 Å². The first-order valence-electron chi connectivity index (χ1n) is 3.11. The number of aliphatic hydroxyl groups is 1. The zero-order valence-corrected chi connectivity index (χ0v) is 7.11. The van der Waals surface area contributed by atoms with E-state index in [0.29, 0.717) is 11.0 Å². The van der Waals surface area contributed by atoms with Crippen molar-refractivity contribution in [1.29, 1.82) is 0 Å². The van der Waals surface area contributed by atoms with Crippen LogP contribution in [-0.4, -0.2) is 54.8 Å². The average molecular weight is 164 g/mol. The van der Waals surface area contributed by atoms with E-state index in [9.17, 15) is 4.79 Å². The number of rotatable bonds is 3. The summed E-state index contributed by atoms with van der Waals surface area (Å²) in [5.74, 6) is -0.659. The summed E-state index contributed by atoms with van der Waals surface area (Å²) in [6, 6.07) is 0. The van der Waals surface area contributed by atoms with Gasteiger partial charge in [-0.3, -0.25) is 4.79 Å². The molecular weight excluding hydrogens is 148 g/mol. The first kappa shape index (κ1) is 13.0. The normalized spacial score (nSPS) is 13.5. The lowest BCUT2D eigenvalue weighted by Crippen LogP contribution is -2.46. The van der Waals surface area contributed by atoms with E-state index in [-0.39, 0.29) is 5.48 Å². The molecule has 68 valence electrons. The van der Waals surface area contributed by atoms with E-state index in [0.717, 1.165) is 0 Å². The summed E-state index contributed by atoms with van der Waals surface area (Å²) in [4.78, 5) is 10.3. The van der Waals surface area contributed by atoms with E-state index in [4.69, 9.17) is 10.8 Å². The second kappa shape index (κ2) is 4.27. The van der Waals surface area contributed by atoms with Crippen molar-refractivity contribution in [3.8, 4) is 0 Å². The first-order chi connectivity index (χ1) is 4.33. The Kier molecular flexibility index (Phi) is 5.04. The minimum Gasteiger partial charge on any atom is -0.870 e. The number of likely N-dealkylation sites (N-methyl/N-ethyl adjacent to an activating group) is 1. The standard InChI is InChI=1S/C6H14N2O2.H2O/c1-8(2,3)4-5(9)6(7)10;/h5,9H,4H2,1-3H3,(H-,7,10);1H2. The van der Waals surface area contributed by atoms with Crippen molar-refractivity contribution in [1.82, 2.24) is 0 Å². The number of carbonyl (C=O) groups is 1. The zero-order valence-electron chi connectivity index (χ0n) is 7.11. The monoisotopic (exact) mass is 164 g/mol. The highest BCUT2D eigenvalue weighted by Gasteiger charge is 2.19. The first-order valence-corrected chi connectivity index (χ1v) is 3.11. The highest BCUT2D eigenvalue weighted by Crippen LogP contribution is 1.93. The molecule has 0 aliphatic heterocycles. The highest BCUT2D eigenvalue weighted by atomic mass is 16.3. The topological polar surface area (TPSA) is 93.3 Å². The van der Waals surface area contributed by atoms with Crippen molar-refractivity contribution < 1.29 is 19.9 Å². The van der Waals surface area contributed by atoms with E-state index < -0.39 is 12.0 Å². The summed E-state index contributed by atoms with van der Waals surface area (Å²) in [6.45, 7) is 0.356. The molecule has 1 amide bonds. The summed E-state index contributed by atoms with van der Waals surface area (Å²) in [6.07, 6.45) is -1.03. The zero-order chi connectivity index (χ0) is 8.36. The third-order valence-electron chi connectivity index (χ3n) is 1.05. The van der Waals surface area contributed by atoms with Crippen LogP contribution in [-0.2, 0) is 4.79 Å². The van der Waals surface area contributed by atoms with Crippen molar-refractivity contribution in [2.24, 2.45) is 5.73 Å². The molecule has 1 unspecified atom stereocenters. The maximum atomic E-state index is 10.3. The maximum absolute atomic E-state index is 10.3. The van der Waals surface area contributed by atoms with Crippen molar-refractivity contribution in [3.05, 3.63) is 0 Å². The van der Waals surface area contributed by atoms with Crippen LogP contribution in [0.25, 0.3) is 0 Å².